The van der Waals surface area contributed by atoms with Crippen molar-refractivity contribution < 1.29 is 4.79 Å². The van der Waals surface area contributed by atoms with Crippen molar-refractivity contribution in [3.05, 3.63) is 11.1 Å². The van der Waals surface area contributed by atoms with Crippen LogP contribution in [0.2, 0.25) is 0 Å². The van der Waals surface area contributed by atoms with Gasteiger partial charge in [0.25, 0.3) is 5.91 Å². The van der Waals surface area contributed by atoms with Crippen molar-refractivity contribution in [2.24, 2.45) is 0 Å². The summed E-state index contributed by atoms with van der Waals surface area (Å²) in [6.07, 6.45) is 0.786. The molecule has 1 atom stereocenters. The van der Waals surface area contributed by atoms with Crippen LogP contribution in [0.15, 0.2) is 11.1 Å². The third-order valence-electron chi connectivity index (χ3n) is 1.76. The lowest BCUT2D eigenvalue weighted by Gasteiger charge is -2.20. The van der Waals surface area contributed by atoms with E-state index < -0.39 is 0 Å². The highest BCUT2D eigenvalue weighted by atomic mass is 16.1. The minimum atomic E-state index is -0.233. The van der Waals surface area contributed by atoms with Crippen LogP contribution < -0.4 is 5.32 Å². The van der Waals surface area contributed by atoms with E-state index in [9.17, 15) is 4.79 Å². The Hall–Kier alpha value is -1.30. The van der Waals surface area contributed by atoms with Crippen LogP contribution >= 0.6 is 0 Å². The van der Waals surface area contributed by atoms with Crippen LogP contribution in [-0.4, -0.2) is 11.9 Å². The number of hydrogen-bond acceptors (Lipinski definition) is 2. The molecule has 3 heteroatoms. The molecule has 1 aliphatic heterocycles. The Morgan fingerprint density at radius 3 is 2.82 bits per heavy atom. The van der Waals surface area contributed by atoms with Crippen LogP contribution in [0, 0.1) is 11.3 Å². The highest BCUT2D eigenvalue weighted by Crippen LogP contribution is 2.15. The summed E-state index contributed by atoms with van der Waals surface area (Å²) in [6, 6.07) is 2.06. The van der Waals surface area contributed by atoms with Crippen molar-refractivity contribution in [1.82, 2.24) is 5.32 Å². The van der Waals surface area contributed by atoms with Gasteiger partial charge in [0.05, 0.1) is 0 Å². The molecule has 1 unspecified atom stereocenters. The molecule has 1 aliphatic rings. The van der Waals surface area contributed by atoms with E-state index in [0.29, 0.717) is 0 Å². The fourth-order valence-corrected chi connectivity index (χ4v) is 1.25. The van der Waals surface area contributed by atoms with Crippen molar-refractivity contribution in [2.75, 3.05) is 0 Å². The van der Waals surface area contributed by atoms with Crippen molar-refractivity contribution >= 4 is 5.91 Å². The van der Waals surface area contributed by atoms with Gasteiger partial charge in [0.15, 0.2) is 0 Å². The summed E-state index contributed by atoms with van der Waals surface area (Å²) in [5.41, 5.74) is 1.17. The van der Waals surface area contributed by atoms with Gasteiger partial charge in [-0.2, -0.15) is 5.26 Å². The number of carbonyl (C=O) groups is 1. The zero-order valence-electron chi connectivity index (χ0n) is 6.64. The lowest BCUT2D eigenvalue weighted by molar-refractivity contribution is -0.118. The number of nitriles is 1. The highest BCUT2D eigenvalue weighted by molar-refractivity contribution is 5.99. The molecule has 58 valence electrons. The molecule has 0 aromatic heterocycles. The van der Waals surface area contributed by atoms with Crippen molar-refractivity contribution in [3.8, 4) is 6.07 Å². The third-order valence-corrected chi connectivity index (χ3v) is 1.76. The lowest BCUT2D eigenvalue weighted by Crippen LogP contribution is -2.37. The van der Waals surface area contributed by atoms with Crippen LogP contribution in [-0.2, 0) is 4.79 Å². The van der Waals surface area contributed by atoms with Crippen LogP contribution in [0.25, 0.3) is 0 Å². The Balaban J connectivity index is 2.97. The van der Waals surface area contributed by atoms with Gasteiger partial charge >= 0.3 is 0 Å². The molecule has 0 bridgehead atoms. The average Bonchev–Trinajstić information content (AvgIpc) is 1.85. The topological polar surface area (TPSA) is 52.9 Å². The monoisotopic (exact) mass is 150 g/mol. The quantitative estimate of drug-likeness (QED) is 0.553. The Morgan fingerprint density at radius 1 is 1.73 bits per heavy atom. The smallest absolute Gasteiger partial charge is 0.262 e. The lowest BCUT2D eigenvalue weighted by atomic mass is 9.98. The predicted molar refractivity (Wildman–Crippen MR) is 40.5 cm³/mol. The molecule has 0 radical (unpaired) electrons. The Kier molecular flexibility index (Phi) is 1.95. The summed E-state index contributed by atoms with van der Waals surface area (Å²) in [7, 11) is 0. The average molecular weight is 150 g/mol. The van der Waals surface area contributed by atoms with E-state index in [1.54, 1.807) is 0 Å². The third kappa shape index (κ3) is 1.40. The zero-order chi connectivity index (χ0) is 8.43. The molecular formula is C8H10N2O. The van der Waals surface area contributed by atoms with Gasteiger partial charge in [0.2, 0.25) is 0 Å². The van der Waals surface area contributed by atoms with Crippen molar-refractivity contribution in [3.63, 3.8) is 0 Å². The van der Waals surface area contributed by atoms with E-state index >= 15 is 0 Å². The Morgan fingerprint density at radius 2 is 2.36 bits per heavy atom. The van der Waals surface area contributed by atoms with E-state index in [-0.39, 0.29) is 17.5 Å². The maximum atomic E-state index is 11.1. The van der Waals surface area contributed by atoms with Crippen molar-refractivity contribution in [1.29, 1.82) is 5.26 Å². The van der Waals surface area contributed by atoms with Crippen LogP contribution in [0.1, 0.15) is 20.3 Å². The first-order chi connectivity index (χ1) is 5.15. The van der Waals surface area contributed by atoms with Gasteiger partial charge in [-0.3, -0.25) is 4.79 Å². The molecule has 3 nitrogen and oxygen atoms in total. The molecule has 1 rings (SSSR count). The van der Waals surface area contributed by atoms with Crippen LogP contribution in [0.5, 0.6) is 0 Å². The first-order valence-electron chi connectivity index (χ1n) is 3.56. The SMILES string of the molecule is CC1=C(C#N)C(=O)NC(C)C1. The number of amides is 1. The largest absolute Gasteiger partial charge is 0.349 e. The summed E-state index contributed by atoms with van der Waals surface area (Å²) < 4.78 is 0. The molecule has 11 heavy (non-hydrogen) atoms. The number of nitrogens with one attached hydrogen (secondary N) is 1. The van der Waals surface area contributed by atoms with Gasteiger partial charge in [0.1, 0.15) is 11.6 Å². The second-order valence-corrected chi connectivity index (χ2v) is 2.85. The summed E-state index contributed by atoms with van der Waals surface area (Å²) >= 11 is 0. The van der Waals surface area contributed by atoms with E-state index in [2.05, 4.69) is 5.32 Å². The van der Waals surface area contributed by atoms with Crippen LogP contribution in [0.4, 0.5) is 0 Å². The summed E-state index contributed by atoms with van der Waals surface area (Å²) in [4.78, 5) is 11.1. The maximum absolute atomic E-state index is 11.1. The van der Waals surface area contributed by atoms with Gasteiger partial charge < -0.3 is 5.32 Å². The van der Waals surface area contributed by atoms with Crippen molar-refractivity contribution in [2.45, 2.75) is 26.3 Å². The van der Waals surface area contributed by atoms with Gasteiger partial charge in [-0.15, -0.1) is 0 Å². The first-order valence-corrected chi connectivity index (χ1v) is 3.56. The molecular weight excluding hydrogens is 140 g/mol. The molecule has 0 spiro atoms. The second-order valence-electron chi connectivity index (χ2n) is 2.85. The van der Waals surface area contributed by atoms with Gasteiger partial charge in [-0.25, -0.2) is 0 Å². The minimum absolute atomic E-state index is 0.166. The fraction of sp³-hybridized carbons (Fsp3) is 0.500. The second kappa shape index (κ2) is 2.75. The molecule has 0 aromatic rings. The standard InChI is InChI=1S/C8H10N2O/c1-5-3-6(2)10-8(11)7(5)4-9/h6H,3H2,1-2H3,(H,10,11). The molecule has 0 aliphatic carbocycles. The minimum Gasteiger partial charge on any atom is -0.349 e. The van der Waals surface area contributed by atoms with Crippen LogP contribution in [0.3, 0.4) is 0 Å². The van der Waals surface area contributed by atoms with E-state index in [0.717, 1.165) is 12.0 Å². The molecule has 1 N–H and O–H groups in total. The highest BCUT2D eigenvalue weighted by Gasteiger charge is 2.21. The number of rotatable bonds is 0. The maximum Gasteiger partial charge on any atom is 0.262 e. The number of nitrogens with zero attached hydrogens (tertiary/aromatic N) is 1. The Bertz CT molecular complexity index is 260. The predicted octanol–water partition coefficient (Wildman–Crippen LogP) is 0.735. The number of hydrogen-bond donors (Lipinski definition) is 1. The summed E-state index contributed by atoms with van der Waals surface area (Å²) in [5, 5.41) is 11.2. The zero-order valence-corrected chi connectivity index (χ0v) is 6.64. The molecule has 1 heterocycles. The molecule has 0 saturated carbocycles. The van der Waals surface area contributed by atoms with Gasteiger partial charge in [0, 0.05) is 6.04 Å². The van der Waals surface area contributed by atoms with Gasteiger partial charge in [-0.1, -0.05) is 0 Å². The normalized spacial score (nSPS) is 24.5. The fourth-order valence-electron chi connectivity index (χ4n) is 1.25. The first kappa shape index (κ1) is 7.80. The Labute approximate surface area is 65.7 Å². The molecule has 0 saturated heterocycles. The summed E-state index contributed by atoms with van der Waals surface area (Å²) in [5.74, 6) is -0.233. The van der Waals surface area contributed by atoms with Gasteiger partial charge in [-0.05, 0) is 25.8 Å². The van der Waals surface area contributed by atoms with E-state index in [1.165, 1.54) is 0 Å². The summed E-state index contributed by atoms with van der Waals surface area (Å²) in [6.45, 7) is 3.75. The molecule has 0 aromatic carbocycles. The number of carbonyl (C=O) groups excluding carboxylic acids is 1. The van der Waals surface area contributed by atoms with E-state index in [1.807, 2.05) is 19.9 Å². The van der Waals surface area contributed by atoms with E-state index in [4.69, 9.17) is 5.26 Å². The molecule has 0 fully saturated rings. The molecule has 1 amide bonds.